The first-order valence-electron chi connectivity index (χ1n) is 35.1. The van der Waals surface area contributed by atoms with Gasteiger partial charge in [0, 0.05) is 47.5 Å². The molecule has 4 aliphatic carbocycles. The van der Waals surface area contributed by atoms with Crippen molar-refractivity contribution < 1.29 is 146 Å². The molecule has 6 saturated heterocycles. The van der Waals surface area contributed by atoms with Crippen molar-refractivity contribution in [2.45, 2.75) is 342 Å². The van der Waals surface area contributed by atoms with Gasteiger partial charge < -0.3 is 137 Å². The normalized spacial score (nSPS) is 51.7. The van der Waals surface area contributed by atoms with E-state index < -0.39 is 220 Å². The first-order valence-corrected chi connectivity index (χ1v) is 35.1. The van der Waals surface area contributed by atoms with Gasteiger partial charge in [-0.25, -0.2) is 0 Å². The van der Waals surface area contributed by atoms with E-state index in [0.29, 0.717) is 25.7 Å². The van der Waals surface area contributed by atoms with Gasteiger partial charge in [-0.1, -0.05) is 27.7 Å². The second kappa shape index (κ2) is 31.3. The summed E-state index contributed by atoms with van der Waals surface area (Å²) in [5.74, 6) is -1.31. The van der Waals surface area contributed by atoms with E-state index in [4.69, 9.17) is 80.5 Å². The summed E-state index contributed by atoms with van der Waals surface area (Å²) < 4.78 is 105. The van der Waals surface area contributed by atoms with Gasteiger partial charge in [0.15, 0.2) is 37.7 Å². The summed E-state index contributed by atoms with van der Waals surface area (Å²) in [7, 11) is 4.38. The first-order chi connectivity index (χ1) is 45.8. The molecule has 97 heavy (non-hydrogen) atoms. The smallest absolute Gasteiger partial charge is 0.309 e. The lowest BCUT2D eigenvalue weighted by atomic mass is 9.42. The van der Waals surface area contributed by atoms with Gasteiger partial charge in [0.25, 0.3) is 0 Å². The average Bonchev–Trinajstić information content (AvgIpc) is 1.66. The third kappa shape index (κ3) is 14.7. The Kier molecular flexibility index (Phi) is 25.0. The lowest BCUT2D eigenvalue weighted by Gasteiger charge is -2.66. The van der Waals surface area contributed by atoms with Crippen molar-refractivity contribution in [2.75, 3.05) is 34.5 Å². The lowest BCUT2D eigenvalue weighted by Crippen LogP contribution is -2.72. The highest BCUT2D eigenvalue weighted by Gasteiger charge is 2.77. The Bertz CT molecular complexity index is 2560. The Balaban J connectivity index is 0.689. The van der Waals surface area contributed by atoms with Crippen molar-refractivity contribution in [3.8, 4) is 0 Å². The van der Waals surface area contributed by atoms with Crippen LogP contribution in [0, 0.1) is 34.5 Å². The molecule has 0 unspecified atom stereocenters. The van der Waals surface area contributed by atoms with E-state index in [1.807, 2.05) is 27.7 Å². The Morgan fingerprint density at radius 2 is 1.06 bits per heavy atom. The van der Waals surface area contributed by atoms with Crippen LogP contribution in [0.25, 0.3) is 0 Å². The largest absolute Gasteiger partial charge is 0.462 e. The van der Waals surface area contributed by atoms with Crippen molar-refractivity contribution in [2.24, 2.45) is 34.5 Å². The topological polar surface area (TPSA) is 414 Å². The fraction of sp³-hybridized carbons (Fsp3) is 0.970. The van der Waals surface area contributed by atoms with Crippen LogP contribution in [0.15, 0.2) is 0 Å². The van der Waals surface area contributed by atoms with E-state index in [-0.39, 0.29) is 67.3 Å². The second-order valence-electron chi connectivity index (χ2n) is 29.7. The summed E-state index contributed by atoms with van der Waals surface area (Å²) in [5, 5.41) is 123. The van der Waals surface area contributed by atoms with Crippen LogP contribution in [0.3, 0.4) is 0 Å². The number of hydrogen-bond acceptors (Lipinski definition) is 30. The lowest BCUT2D eigenvalue weighted by molar-refractivity contribution is -0.385. The molecule has 560 valence electrons. The summed E-state index contributed by atoms with van der Waals surface area (Å²) in [6, 6.07) is 0. The summed E-state index contributed by atoms with van der Waals surface area (Å²) in [6.07, 6.45) is -27.9. The molecular weight excluding hydrogens is 1280 g/mol. The van der Waals surface area contributed by atoms with Gasteiger partial charge in [-0.15, -0.1) is 0 Å². The predicted molar refractivity (Wildman–Crippen MR) is 330 cm³/mol. The predicted octanol–water partition coefficient (Wildman–Crippen LogP) is -0.139. The Labute approximate surface area is 567 Å². The number of rotatable bonds is 22. The highest BCUT2D eigenvalue weighted by atomic mass is 16.8. The molecule has 0 radical (unpaired) electrons. The molecule has 0 amide bonds. The van der Waals surface area contributed by atoms with E-state index in [0.717, 1.165) is 19.3 Å². The van der Waals surface area contributed by atoms with Crippen LogP contribution in [-0.4, -0.2) is 298 Å². The Morgan fingerprint density at radius 3 is 1.64 bits per heavy atom. The van der Waals surface area contributed by atoms with Crippen LogP contribution in [-0.2, 0) is 90.1 Å². The maximum atomic E-state index is 13.1. The number of carbonyl (C=O) groups is 2. The fourth-order valence-electron chi connectivity index (χ4n) is 18.3. The van der Waals surface area contributed by atoms with Crippen LogP contribution in [0.1, 0.15) is 146 Å². The Hall–Kier alpha value is -2.10. The molecule has 10 rings (SSSR count). The van der Waals surface area contributed by atoms with Crippen LogP contribution in [0.2, 0.25) is 0 Å². The molecule has 10 aliphatic rings. The molecule has 30 heteroatoms. The molecular formula is C67H112O30. The fourth-order valence-corrected chi connectivity index (χ4v) is 18.3. The third-order valence-corrected chi connectivity index (χ3v) is 24.4. The number of fused-ring (bicyclic) bond motifs is 5. The van der Waals surface area contributed by atoms with E-state index in [1.165, 1.54) is 21.1 Å². The number of ether oxygens (including phenoxy) is 17. The summed E-state index contributed by atoms with van der Waals surface area (Å²) in [6.45, 7) is 16.3. The van der Waals surface area contributed by atoms with Crippen molar-refractivity contribution in [1.29, 1.82) is 0 Å². The van der Waals surface area contributed by atoms with E-state index in [2.05, 4.69) is 6.92 Å². The minimum atomic E-state index is -1.87. The van der Waals surface area contributed by atoms with Crippen LogP contribution in [0.4, 0.5) is 0 Å². The monoisotopic (exact) mass is 1400 g/mol. The van der Waals surface area contributed by atoms with Gasteiger partial charge in [0.2, 0.25) is 0 Å². The zero-order valence-corrected chi connectivity index (χ0v) is 58.2. The molecule has 0 spiro atoms. The molecule has 38 atom stereocenters. The maximum Gasteiger partial charge on any atom is 0.309 e. The number of esters is 2. The zero-order chi connectivity index (χ0) is 70.7. The standard InChI is InChI=1S/C67H112O30/c1-14-28(2)60(78)88-33(7)66(79)19-20-67(80)37-16-15-35-21-36(17-18-64(35,9)38(37)22-44(65(66,67)10)89-34(8)70)90-45-23-39(71)54(29(3)84-45)93-46-24-40(81-11)55(30(4)85-46)94-47-25-41(82-12)56(31(5)86-47)95-63-53(77)59(83-13)57(32(6)87-63)96-62-52(76)50(74)58(43(27-69)92-62)97-61-51(75)49(73)48(72)42(26-68)91-61/h28-33,35-59,61-63,68-69,71-77,79-80H,14-27H2,1-13H3/t28-,29-,30-,31-,32-,33+,35+,36+,37-,38+,39+,40+,41-,42-,43-,44-,45-,46+,47+,48-,49+,50-,51-,52-,53-,54-,55-,56-,57-,58-,59-,61+,62+,63+,64+,65-,66-,67+/m1/s1. The van der Waals surface area contributed by atoms with Gasteiger partial charge in [0.1, 0.15) is 103 Å². The van der Waals surface area contributed by atoms with Crippen LogP contribution in [0.5, 0.6) is 0 Å². The molecule has 0 aromatic heterocycles. The molecule has 11 N–H and O–H groups in total. The molecule has 30 nitrogen and oxygen atoms in total. The Morgan fingerprint density at radius 1 is 0.526 bits per heavy atom. The van der Waals surface area contributed by atoms with E-state index >= 15 is 0 Å². The number of aliphatic hydroxyl groups is 11. The number of methoxy groups -OCH3 is 3. The number of carbonyl (C=O) groups excluding carboxylic acids is 2. The summed E-state index contributed by atoms with van der Waals surface area (Å²) in [5.41, 5.74) is -4.62. The van der Waals surface area contributed by atoms with Crippen molar-refractivity contribution in [1.82, 2.24) is 0 Å². The molecule has 6 aliphatic heterocycles. The molecule has 10 fully saturated rings. The van der Waals surface area contributed by atoms with Crippen molar-refractivity contribution in [3.63, 3.8) is 0 Å². The summed E-state index contributed by atoms with van der Waals surface area (Å²) >= 11 is 0. The minimum absolute atomic E-state index is 0.0336. The molecule has 4 saturated carbocycles. The van der Waals surface area contributed by atoms with Gasteiger partial charge in [-0.2, -0.15) is 0 Å². The van der Waals surface area contributed by atoms with Gasteiger partial charge >= 0.3 is 11.9 Å². The van der Waals surface area contributed by atoms with Crippen LogP contribution >= 0.6 is 0 Å². The van der Waals surface area contributed by atoms with Crippen molar-refractivity contribution in [3.05, 3.63) is 0 Å². The van der Waals surface area contributed by atoms with Gasteiger partial charge in [-0.05, 0) is 116 Å². The van der Waals surface area contributed by atoms with E-state index in [9.17, 15) is 65.8 Å². The second-order valence-corrected chi connectivity index (χ2v) is 29.7. The van der Waals surface area contributed by atoms with Crippen molar-refractivity contribution >= 4 is 11.9 Å². The highest BCUT2D eigenvalue weighted by Crippen LogP contribution is 2.71. The molecule has 0 bridgehead atoms. The number of hydrogen-bond donors (Lipinski definition) is 11. The average molecular weight is 1400 g/mol. The maximum absolute atomic E-state index is 13.1. The van der Waals surface area contributed by atoms with E-state index in [1.54, 1.807) is 34.8 Å². The summed E-state index contributed by atoms with van der Waals surface area (Å²) in [4.78, 5) is 25.9. The van der Waals surface area contributed by atoms with Gasteiger partial charge in [0.05, 0.1) is 79.0 Å². The third-order valence-electron chi connectivity index (χ3n) is 24.4. The minimum Gasteiger partial charge on any atom is -0.462 e. The molecule has 6 heterocycles. The SMILES string of the molecule is CC[C@@H](C)C(=O)O[C@@H](C)[C@]1(O)CC[C@]2(O)[C@@H]3CC[C@H]4C[C@@H](O[C@@H]5C[C@H](O)[C@H](O[C@H]6C[C@H](OC)[C@H](O[C@H]7C[C@@H](OC)[C@H](O[C@@H]8O[C@H](C)[C@@H](O[C@@H]9O[C@H](CO)[C@@H](O[C@@H]%10O[C@H](CO)[C@@H](O)[C@H](O)[C@H]%10O)[C@H](O)[C@H]9O)[C@H](OC)[C@H]8O)[C@@H](C)O7)[C@@H](C)O6)[C@@H](C)O5)CC[C@]4(C)[C@H]3C[C@@H](OC(C)=O)[C@]12C. The highest BCUT2D eigenvalue weighted by molar-refractivity contribution is 5.72. The van der Waals surface area contributed by atoms with Crippen LogP contribution < -0.4 is 0 Å². The van der Waals surface area contributed by atoms with Gasteiger partial charge in [-0.3, -0.25) is 9.59 Å². The zero-order valence-electron chi connectivity index (χ0n) is 58.2. The number of aliphatic hydroxyl groups excluding tert-OH is 9. The molecule has 0 aromatic rings. The first kappa shape index (κ1) is 77.5. The molecule has 0 aromatic carbocycles. The quantitative estimate of drug-likeness (QED) is 0.0496.